The Morgan fingerprint density at radius 2 is 1.80 bits per heavy atom. The normalized spacial score (nSPS) is 21.1. The first-order valence-corrected chi connectivity index (χ1v) is 12.1. The third kappa shape index (κ3) is 4.37. The maximum atomic E-state index is 12.7. The highest BCUT2D eigenvalue weighted by Crippen LogP contribution is 2.53. The predicted octanol–water partition coefficient (Wildman–Crippen LogP) is 2.42. The second kappa shape index (κ2) is 7.70. The highest BCUT2D eigenvalue weighted by atomic mass is 32.2. The van der Waals surface area contributed by atoms with Gasteiger partial charge >= 0.3 is 0 Å². The Morgan fingerprint density at radius 3 is 2.33 bits per heavy atom. The Bertz CT molecular complexity index is 1030. The van der Waals surface area contributed by atoms with E-state index in [4.69, 9.17) is 23.7 Å². The van der Waals surface area contributed by atoms with Gasteiger partial charge in [-0.3, -0.25) is 0 Å². The minimum Gasteiger partial charge on any atom is -0.401 e. The molecule has 4 rings (SSSR count). The fraction of sp³-hybridized carbons (Fsp3) is 0.429. The van der Waals surface area contributed by atoms with Gasteiger partial charge < -0.3 is 22.1 Å². The zero-order valence-electron chi connectivity index (χ0n) is 16.7. The molecule has 160 valence electrons. The molecule has 0 atom stereocenters. The number of hydrogen-bond acceptors (Lipinski definition) is 5. The summed E-state index contributed by atoms with van der Waals surface area (Å²) in [4.78, 5) is 4.30. The van der Waals surface area contributed by atoms with Gasteiger partial charge in [-0.15, -0.1) is 0 Å². The lowest BCUT2D eigenvalue weighted by atomic mass is 10.1. The molecule has 3 fully saturated rings. The number of rotatable bonds is 8. The zero-order chi connectivity index (χ0) is 21.5. The van der Waals surface area contributed by atoms with Gasteiger partial charge in [0.2, 0.25) is 0 Å². The first kappa shape index (κ1) is 20.9. The van der Waals surface area contributed by atoms with Gasteiger partial charge in [0.05, 0.1) is 10.9 Å². The van der Waals surface area contributed by atoms with Crippen LogP contribution in [0.4, 0.5) is 5.69 Å². The zero-order valence-corrected chi connectivity index (χ0v) is 18.4. The summed E-state index contributed by atoms with van der Waals surface area (Å²) in [7, 11) is -3.25. The average Bonchev–Trinajstić information content (AvgIpc) is 3.55. The SMILES string of the molecule is C=C(/N=C(N)\C=C(/N)C1(S(=O)(=O)C2CC2)CC1)c1ccc(NC(=S)NC2CC2)cc1. The third-order valence-corrected chi connectivity index (χ3v) is 9.00. The van der Waals surface area contributed by atoms with E-state index in [1.807, 2.05) is 24.3 Å². The van der Waals surface area contributed by atoms with Gasteiger partial charge in [-0.25, -0.2) is 13.4 Å². The molecule has 0 saturated heterocycles. The number of anilines is 1. The fourth-order valence-electron chi connectivity index (χ4n) is 3.42. The molecule has 7 nitrogen and oxygen atoms in total. The van der Waals surface area contributed by atoms with Crippen molar-refractivity contribution in [2.24, 2.45) is 16.5 Å². The van der Waals surface area contributed by atoms with E-state index >= 15 is 0 Å². The van der Waals surface area contributed by atoms with Crippen molar-refractivity contribution >= 4 is 44.4 Å². The molecule has 1 aromatic carbocycles. The van der Waals surface area contributed by atoms with Crippen LogP contribution in [0, 0.1) is 0 Å². The molecule has 0 spiro atoms. The largest absolute Gasteiger partial charge is 0.401 e. The number of thiocarbonyl (C=S) groups is 1. The van der Waals surface area contributed by atoms with Gasteiger partial charge in [0.15, 0.2) is 14.9 Å². The topological polar surface area (TPSA) is 123 Å². The highest BCUT2D eigenvalue weighted by Gasteiger charge is 2.61. The lowest BCUT2D eigenvalue weighted by Crippen LogP contribution is -2.33. The van der Waals surface area contributed by atoms with Gasteiger partial charge in [-0.1, -0.05) is 18.7 Å². The Balaban J connectivity index is 1.40. The number of hydrogen-bond donors (Lipinski definition) is 4. The van der Waals surface area contributed by atoms with Crippen molar-refractivity contribution in [3.05, 3.63) is 48.2 Å². The van der Waals surface area contributed by atoms with Crippen LogP contribution in [0.2, 0.25) is 0 Å². The lowest BCUT2D eigenvalue weighted by Gasteiger charge is -2.16. The number of aliphatic imine (C=N–C) groups is 1. The van der Waals surface area contributed by atoms with E-state index in [-0.39, 0.29) is 16.8 Å². The van der Waals surface area contributed by atoms with Crippen LogP contribution in [0.3, 0.4) is 0 Å². The van der Waals surface area contributed by atoms with Gasteiger partial charge in [0.25, 0.3) is 0 Å². The molecule has 0 bridgehead atoms. The van der Waals surface area contributed by atoms with Gasteiger partial charge in [-0.05, 0) is 68.4 Å². The molecule has 3 aliphatic rings. The van der Waals surface area contributed by atoms with E-state index in [0.29, 0.717) is 29.7 Å². The van der Waals surface area contributed by atoms with Crippen LogP contribution in [0.5, 0.6) is 0 Å². The minimum absolute atomic E-state index is 0.145. The highest BCUT2D eigenvalue weighted by molar-refractivity contribution is 7.94. The van der Waals surface area contributed by atoms with Crippen LogP contribution < -0.4 is 22.1 Å². The second-order valence-corrected chi connectivity index (χ2v) is 11.2. The molecule has 1 aromatic rings. The molecule has 0 radical (unpaired) electrons. The average molecular weight is 446 g/mol. The van der Waals surface area contributed by atoms with Crippen LogP contribution in [0.15, 0.2) is 47.6 Å². The molecular formula is C21H27N5O2S2. The number of sulfone groups is 1. The molecule has 0 unspecified atom stereocenters. The number of nitrogens with two attached hydrogens (primary N) is 2. The summed E-state index contributed by atoms with van der Waals surface area (Å²) in [5.74, 6) is 0.145. The van der Waals surface area contributed by atoms with E-state index in [9.17, 15) is 8.42 Å². The molecule has 0 amide bonds. The quantitative estimate of drug-likeness (QED) is 0.275. The van der Waals surface area contributed by atoms with E-state index in [1.54, 1.807) is 0 Å². The molecular weight excluding hydrogens is 418 g/mol. The van der Waals surface area contributed by atoms with Crippen LogP contribution in [-0.2, 0) is 9.84 Å². The van der Waals surface area contributed by atoms with E-state index in [2.05, 4.69) is 22.2 Å². The van der Waals surface area contributed by atoms with Crippen molar-refractivity contribution < 1.29 is 8.42 Å². The summed E-state index contributed by atoms with van der Waals surface area (Å²) in [6.07, 6.45) is 6.34. The Hall–Kier alpha value is -2.39. The molecule has 3 aliphatic carbocycles. The molecule has 30 heavy (non-hydrogen) atoms. The Kier molecular flexibility index (Phi) is 5.36. The van der Waals surface area contributed by atoms with Crippen molar-refractivity contribution in [2.45, 2.75) is 54.6 Å². The van der Waals surface area contributed by atoms with Gasteiger partial charge in [0.1, 0.15) is 10.6 Å². The smallest absolute Gasteiger partial charge is 0.170 e. The number of benzene rings is 1. The molecule has 6 N–H and O–H groups in total. The van der Waals surface area contributed by atoms with Crippen molar-refractivity contribution in [3.8, 4) is 0 Å². The third-order valence-electron chi connectivity index (χ3n) is 5.69. The summed E-state index contributed by atoms with van der Waals surface area (Å²) in [6.45, 7) is 3.96. The summed E-state index contributed by atoms with van der Waals surface area (Å²) < 4.78 is 24.4. The van der Waals surface area contributed by atoms with Crippen LogP contribution in [-0.4, -0.2) is 35.4 Å². The molecule has 0 heterocycles. The minimum atomic E-state index is -3.25. The van der Waals surface area contributed by atoms with E-state index < -0.39 is 14.6 Å². The second-order valence-electron chi connectivity index (χ2n) is 8.27. The first-order valence-electron chi connectivity index (χ1n) is 10.1. The Labute approximate surface area is 182 Å². The van der Waals surface area contributed by atoms with Gasteiger partial charge in [0, 0.05) is 23.5 Å². The summed E-state index contributed by atoms with van der Waals surface area (Å²) in [5, 5.41) is 6.73. The van der Waals surface area contributed by atoms with Crippen molar-refractivity contribution in [2.75, 3.05) is 5.32 Å². The van der Waals surface area contributed by atoms with E-state index in [0.717, 1.165) is 36.9 Å². The molecule has 0 aromatic heterocycles. The number of nitrogens with one attached hydrogen (secondary N) is 2. The fourth-order valence-corrected chi connectivity index (χ4v) is 6.16. The molecule has 3 saturated carbocycles. The number of nitrogens with zero attached hydrogens (tertiary/aromatic N) is 1. The first-order chi connectivity index (χ1) is 14.2. The van der Waals surface area contributed by atoms with Crippen LogP contribution >= 0.6 is 12.2 Å². The summed E-state index contributed by atoms with van der Waals surface area (Å²) in [5.41, 5.74) is 14.6. The maximum absolute atomic E-state index is 12.7. The lowest BCUT2D eigenvalue weighted by molar-refractivity contribution is 0.583. The monoisotopic (exact) mass is 445 g/mol. The molecule has 9 heteroatoms. The maximum Gasteiger partial charge on any atom is 0.170 e. The van der Waals surface area contributed by atoms with Crippen molar-refractivity contribution in [1.29, 1.82) is 0 Å². The molecule has 0 aliphatic heterocycles. The summed E-state index contributed by atoms with van der Waals surface area (Å²) >= 11 is 5.28. The number of amidine groups is 1. The van der Waals surface area contributed by atoms with Crippen LogP contribution in [0.25, 0.3) is 5.70 Å². The standard InChI is InChI=1S/C21H27N5O2S2/c1-13(14-2-4-15(5-3-14)25-20(29)26-16-6-7-16)24-19(23)12-18(22)21(10-11-21)30(27,28)17-8-9-17/h2-5,12,16-17H,1,6-11,22H2,(H2,23,24)(H2,25,26,29)/b18-12-. The van der Waals surface area contributed by atoms with Crippen molar-refractivity contribution in [1.82, 2.24) is 5.32 Å². The Morgan fingerprint density at radius 1 is 1.17 bits per heavy atom. The predicted molar refractivity (Wildman–Crippen MR) is 126 cm³/mol. The summed E-state index contributed by atoms with van der Waals surface area (Å²) in [6, 6.07) is 8.01. The van der Waals surface area contributed by atoms with Gasteiger partial charge in [-0.2, -0.15) is 0 Å². The van der Waals surface area contributed by atoms with Crippen molar-refractivity contribution in [3.63, 3.8) is 0 Å². The van der Waals surface area contributed by atoms with E-state index in [1.165, 1.54) is 6.08 Å². The van der Waals surface area contributed by atoms with Crippen LogP contribution in [0.1, 0.15) is 44.1 Å².